The quantitative estimate of drug-likeness (QED) is 0.848. The monoisotopic (exact) mass is 381 g/mol. The van der Waals surface area contributed by atoms with E-state index in [1.54, 1.807) is 28.9 Å². The summed E-state index contributed by atoms with van der Waals surface area (Å²) >= 11 is 12.0. The van der Waals surface area contributed by atoms with Gasteiger partial charge in [-0.15, -0.1) is 0 Å². The minimum absolute atomic E-state index is 0.135. The number of amides is 1. The summed E-state index contributed by atoms with van der Waals surface area (Å²) in [5, 5.41) is 17.1. The second kappa shape index (κ2) is 7.06. The third-order valence-electron chi connectivity index (χ3n) is 4.38. The molecule has 2 aromatic rings. The number of rotatable bonds is 4. The predicted molar refractivity (Wildman–Crippen MR) is 94.6 cm³/mol. The number of hydrogen-bond acceptors (Lipinski definition) is 3. The number of aliphatic carboxylic acids is 1. The van der Waals surface area contributed by atoms with Crippen LogP contribution in [-0.4, -0.2) is 32.8 Å². The van der Waals surface area contributed by atoms with E-state index in [1.165, 1.54) is 0 Å². The fourth-order valence-corrected chi connectivity index (χ4v) is 3.35. The Morgan fingerprint density at radius 2 is 2.00 bits per heavy atom. The summed E-state index contributed by atoms with van der Waals surface area (Å²) in [4.78, 5) is 23.4. The van der Waals surface area contributed by atoms with Gasteiger partial charge in [0.05, 0.1) is 21.7 Å². The molecule has 2 N–H and O–H groups in total. The molecule has 1 aliphatic carbocycles. The van der Waals surface area contributed by atoms with E-state index < -0.39 is 5.97 Å². The molecule has 6 nitrogen and oxygen atoms in total. The van der Waals surface area contributed by atoms with E-state index in [0.717, 1.165) is 5.69 Å². The lowest BCUT2D eigenvalue weighted by molar-refractivity contribution is -0.141. The first-order chi connectivity index (χ1) is 11.8. The average molecular weight is 382 g/mol. The molecule has 3 rings (SSSR count). The molecule has 1 aliphatic rings. The number of carboxylic acid groups (broad SMARTS) is 1. The van der Waals surface area contributed by atoms with Gasteiger partial charge in [0.1, 0.15) is 0 Å². The van der Waals surface area contributed by atoms with Crippen molar-refractivity contribution in [2.45, 2.75) is 32.2 Å². The standard InChI is InChI=1S/C17H17Cl2N3O3/c1-9-6-15(16(23)20-11-3-2-10(7-11)17(24)25)21-22(9)12-4-5-13(18)14(19)8-12/h4-6,8,10-11H,2-3,7H2,1H3,(H,20,23)(H,24,25)/t10-,11+/m0/s1. The van der Waals surface area contributed by atoms with Gasteiger partial charge in [-0.25, -0.2) is 4.68 Å². The number of aryl methyl sites for hydroxylation is 1. The molecule has 1 amide bonds. The van der Waals surface area contributed by atoms with Crippen LogP contribution in [0.5, 0.6) is 0 Å². The Morgan fingerprint density at radius 3 is 2.64 bits per heavy atom. The van der Waals surface area contributed by atoms with E-state index in [9.17, 15) is 9.59 Å². The van der Waals surface area contributed by atoms with Gasteiger partial charge in [0, 0.05) is 11.7 Å². The maximum Gasteiger partial charge on any atom is 0.306 e. The van der Waals surface area contributed by atoms with Crippen molar-refractivity contribution in [1.29, 1.82) is 0 Å². The number of halogens is 2. The van der Waals surface area contributed by atoms with Crippen LogP contribution in [0.1, 0.15) is 35.4 Å². The van der Waals surface area contributed by atoms with E-state index in [0.29, 0.717) is 35.0 Å². The Labute approximate surface area is 154 Å². The van der Waals surface area contributed by atoms with Gasteiger partial charge in [-0.3, -0.25) is 9.59 Å². The SMILES string of the molecule is Cc1cc(C(=O)N[C@@H]2CC[C@H](C(=O)O)C2)nn1-c1ccc(Cl)c(Cl)c1. The molecule has 8 heteroatoms. The molecular formula is C17H17Cl2N3O3. The van der Waals surface area contributed by atoms with Crippen LogP contribution >= 0.6 is 23.2 Å². The first-order valence-corrected chi connectivity index (χ1v) is 8.66. The topological polar surface area (TPSA) is 84.2 Å². The van der Waals surface area contributed by atoms with Gasteiger partial charge in [0.2, 0.25) is 0 Å². The lowest BCUT2D eigenvalue weighted by Gasteiger charge is -2.11. The third kappa shape index (κ3) is 3.80. The Bertz CT molecular complexity index is 835. The van der Waals surface area contributed by atoms with Crippen molar-refractivity contribution in [3.05, 3.63) is 45.7 Å². The molecule has 0 saturated heterocycles. The van der Waals surface area contributed by atoms with Crippen LogP contribution in [0.3, 0.4) is 0 Å². The number of hydrogen-bond donors (Lipinski definition) is 2. The smallest absolute Gasteiger partial charge is 0.306 e. The van der Waals surface area contributed by atoms with Crippen molar-refractivity contribution in [3.63, 3.8) is 0 Å². The Kier molecular flexibility index (Phi) is 5.01. The minimum atomic E-state index is -0.809. The number of aromatic nitrogens is 2. The lowest BCUT2D eigenvalue weighted by atomic mass is 10.1. The van der Waals surface area contributed by atoms with Gasteiger partial charge in [-0.05, 0) is 50.5 Å². The number of carbonyl (C=O) groups is 2. The largest absolute Gasteiger partial charge is 0.481 e. The zero-order valence-corrected chi connectivity index (χ0v) is 15.0. The molecule has 132 valence electrons. The van der Waals surface area contributed by atoms with Crippen molar-refractivity contribution < 1.29 is 14.7 Å². The second-order valence-corrected chi connectivity index (χ2v) is 7.01. The van der Waals surface area contributed by atoms with Gasteiger partial charge in [0.25, 0.3) is 5.91 Å². The van der Waals surface area contributed by atoms with E-state index in [1.807, 2.05) is 6.92 Å². The van der Waals surface area contributed by atoms with Gasteiger partial charge < -0.3 is 10.4 Å². The number of benzene rings is 1. The number of nitrogens with zero attached hydrogens (tertiary/aromatic N) is 2. The molecule has 0 bridgehead atoms. The first-order valence-electron chi connectivity index (χ1n) is 7.91. The summed E-state index contributed by atoms with van der Waals surface area (Å²) in [7, 11) is 0. The number of carbonyl (C=O) groups excluding carboxylic acids is 1. The fourth-order valence-electron chi connectivity index (χ4n) is 3.06. The molecule has 1 saturated carbocycles. The van der Waals surface area contributed by atoms with Gasteiger partial charge in [-0.2, -0.15) is 5.10 Å². The molecule has 1 aromatic heterocycles. The normalized spacial score (nSPS) is 19.8. The molecule has 25 heavy (non-hydrogen) atoms. The first kappa shape index (κ1) is 17.8. The molecule has 2 atom stereocenters. The molecule has 0 radical (unpaired) electrons. The van der Waals surface area contributed by atoms with Crippen LogP contribution in [0, 0.1) is 12.8 Å². The molecule has 0 aliphatic heterocycles. The average Bonchev–Trinajstić information content (AvgIpc) is 3.17. The summed E-state index contributed by atoms with van der Waals surface area (Å²) in [5.74, 6) is -1.50. The summed E-state index contributed by atoms with van der Waals surface area (Å²) in [5.41, 5.74) is 1.76. The highest BCUT2D eigenvalue weighted by atomic mass is 35.5. The van der Waals surface area contributed by atoms with Crippen molar-refractivity contribution >= 4 is 35.1 Å². The van der Waals surface area contributed by atoms with Gasteiger partial charge >= 0.3 is 5.97 Å². The van der Waals surface area contributed by atoms with Crippen molar-refractivity contribution in [2.24, 2.45) is 5.92 Å². The van der Waals surface area contributed by atoms with Crippen LogP contribution in [0.2, 0.25) is 10.0 Å². The van der Waals surface area contributed by atoms with Gasteiger partial charge in [-0.1, -0.05) is 23.2 Å². The predicted octanol–water partition coefficient (Wildman–Crippen LogP) is 3.47. The minimum Gasteiger partial charge on any atom is -0.481 e. The van der Waals surface area contributed by atoms with E-state index >= 15 is 0 Å². The van der Waals surface area contributed by atoms with Crippen LogP contribution in [-0.2, 0) is 4.79 Å². The Hall–Kier alpha value is -2.05. The molecule has 0 spiro atoms. The maximum absolute atomic E-state index is 12.4. The maximum atomic E-state index is 12.4. The van der Waals surface area contributed by atoms with Crippen LogP contribution in [0.15, 0.2) is 24.3 Å². The molecule has 1 heterocycles. The Balaban J connectivity index is 1.74. The van der Waals surface area contributed by atoms with Crippen LogP contribution < -0.4 is 5.32 Å². The highest BCUT2D eigenvalue weighted by molar-refractivity contribution is 6.42. The highest BCUT2D eigenvalue weighted by Gasteiger charge is 2.31. The van der Waals surface area contributed by atoms with Crippen molar-refractivity contribution in [1.82, 2.24) is 15.1 Å². The number of nitrogens with one attached hydrogen (secondary N) is 1. The van der Waals surface area contributed by atoms with Crippen molar-refractivity contribution in [2.75, 3.05) is 0 Å². The Morgan fingerprint density at radius 1 is 1.24 bits per heavy atom. The zero-order chi connectivity index (χ0) is 18.1. The van der Waals surface area contributed by atoms with E-state index in [-0.39, 0.29) is 23.6 Å². The second-order valence-electron chi connectivity index (χ2n) is 6.20. The molecule has 1 fully saturated rings. The fraction of sp³-hybridized carbons (Fsp3) is 0.353. The summed E-state index contributed by atoms with van der Waals surface area (Å²) in [6.07, 6.45) is 1.69. The van der Waals surface area contributed by atoms with Crippen molar-refractivity contribution in [3.8, 4) is 5.69 Å². The molecular weight excluding hydrogens is 365 g/mol. The highest BCUT2D eigenvalue weighted by Crippen LogP contribution is 2.27. The van der Waals surface area contributed by atoms with E-state index in [2.05, 4.69) is 10.4 Å². The number of carboxylic acids is 1. The third-order valence-corrected chi connectivity index (χ3v) is 5.12. The van der Waals surface area contributed by atoms with Crippen LogP contribution in [0.25, 0.3) is 5.69 Å². The zero-order valence-electron chi connectivity index (χ0n) is 13.5. The molecule has 1 aromatic carbocycles. The lowest BCUT2D eigenvalue weighted by Crippen LogP contribution is -2.33. The molecule has 0 unspecified atom stereocenters. The summed E-state index contributed by atoms with van der Waals surface area (Å²) in [6, 6.07) is 6.67. The summed E-state index contributed by atoms with van der Waals surface area (Å²) in [6.45, 7) is 1.84. The van der Waals surface area contributed by atoms with Crippen LogP contribution in [0.4, 0.5) is 0 Å². The van der Waals surface area contributed by atoms with Gasteiger partial charge in [0.15, 0.2) is 5.69 Å². The van der Waals surface area contributed by atoms with E-state index in [4.69, 9.17) is 28.3 Å². The summed E-state index contributed by atoms with van der Waals surface area (Å²) < 4.78 is 1.62.